The molecule has 0 fully saturated rings. The van der Waals surface area contributed by atoms with E-state index in [1.807, 2.05) is 0 Å². The minimum Gasteiger partial charge on any atom is -0.507 e. The molecule has 0 aromatic heterocycles. The molecule has 27 heavy (non-hydrogen) atoms. The molecule has 0 aliphatic carbocycles. The molecule has 2 rings (SSSR count). The summed E-state index contributed by atoms with van der Waals surface area (Å²) in [5.74, 6) is -4.08. The number of carbonyl (C=O) groups excluding carboxylic acids is 2. The highest BCUT2D eigenvalue weighted by Crippen LogP contribution is 2.30. The van der Waals surface area contributed by atoms with E-state index in [4.69, 9.17) is 5.11 Å². The molecule has 1 atom stereocenters. The van der Waals surface area contributed by atoms with Gasteiger partial charge >= 0.3 is 5.97 Å². The minimum absolute atomic E-state index is 0.0390. The van der Waals surface area contributed by atoms with Crippen molar-refractivity contribution in [2.75, 3.05) is 5.75 Å². The first kappa shape index (κ1) is 20.4. The maximum absolute atomic E-state index is 13.9. The quantitative estimate of drug-likeness (QED) is 0.695. The van der Waals surface area contributed by atoms with Crippen LogP contribution in [0.1, 0.15) is 17.3 Å². The number of amides is 1. The Labute approximate surface area is 157 Å². The van der Waals surface area contributed by atoms with Crippen LogP contribution in [-0.4, -0.2) is 39.0 Å². The lowest BCUT2D eigenvalue weighted by atomic mass is 10.0. The van der Waals surface area contributed by atoms with Crippen molar-refractivity contribution in [2.45, 2.75) is 13.0 Å². The fraction of sp³-hybridized carbons (Fsp3) is 0.167. The summed E-state index contributed by atoms with van der Waals surface area (Å²) in [6.45, 7) is 1.15. The summed E-state index contributed by atoms with van der Waals surface area (Å²) in [5.41, 5.74) is 0.121. The van der Waals surface area contributed by atoms with Crippen LogP contribution in [0.2, 0.25) is 0 Å². The number of rotatable bonds is 6. The molecule has 0 radical (unpaired) electrons. The van der Waals surface area contributed by atoms with Crippen molar-refractivity contribution in [3.05, 3.63) is 53.6 Å². The summed E-state index contributed by atoms with van der Waals surface area (Å²) in [7, 11) is 0. The summed E-state index contributed by atoms with van der Waals surface area (Å²) in [4.78, 5) is 34.5. The SMILES string of the molecule is CC(=O)NC(CSC(=O)c1cc(-c2ccc(F)cc2F)ccc1O)C(=O)O. The molecule has 142 valence electrons. The van der Waals surface area contributed by atoms with E-state index >= 15 is 0 Å². The average Bonchev–Trinajstić information content (AvgIpc) is 2.58. The van der Waals surface area contributed by atoms with Crippen molar-refractivity contribution in [2.24, 2.45) is 0 Å². The minimum atomic E-state index is -1.31. The van der Waals surface area contributed by atoms with Crippen molar-refractivity contribution >= 4 is 28.8 Å². The number of benzene rings is 2. The number of phenolic OH excluding ortho intramolecular Hbond substituents is 1. The normalized spacial score (nSPS) is 11.7. The molecule has 0 spiro atoms. The van der Waals surface area contributed by atoms with Gasteiger partial charge < -0.3 is 15.5 Å². The van der Waals surface area contributed by atoms with Gasteiger partial charge in [0.1, 0.15) is 23.4 Å². The van der Waals surface area contributed by atoms with E-state index in [0.717, 1.165) is 13.0 Å². The van der Waals surface area contributed by atoms with E-state index < -0.39 is 34.7 Å². The molecule has 0 saturated carbocycles. The first-order valence-corrected chi connectivity index (χ1v) is 8.63. The van der Waals surface area contributed by atoms with Crippen LogP contribution >= 0.6 is 11.8 Å². The Bertz CT molecular complexity index is 903. The zero-order valence-electron chi connectivity index (χ0n) is 14.0. The standard InChI is InChI=1S/C18H15F2NO5S/c1-9(22)21-15(17(24)25)8-27-18(26)13-6-10(2-5-16(13)23)12-4-3-11(19)7-14(12)20/h2-7,15,23H,8H2,1H3,(H,21,22)(H,24,25). The smallest absolute Gasteiger partial charge is 0.327 e. The first-order valence-electron chi connectivity index (χ1n) is 7.64. The second-order valence-electron chi connectivity index (χ2n) is 5.55. The van der Waals surface area contributed by atoms with Gasteiger partial charge in [-0.25, -0.2) is 13.6 Å². The largest absolute Gasteiger partial charge is 0.507 e. The number of aliphatic carboxylic acids is 1. The lowest BCUT2D eigenvalue weighted by Gasteiger charge is -2.13. The monoisotopic (exact) mass is 395 g/mol. The Morgan fingerprint density at radius 1 is 1.15 bits per heavy atom. The van der Waals surface area contributed by atoms with Crippen LogP contribution in [0, 0.1) is 11.6 Å². The molecular weight excluding hydrogens is 380 g/mol. The molecule has 0 saturated heterocycles. The Hall–Kier alpha value is -2.94. The Morgan fingerprint density at radius 3 is 2.44 bits per heavy atom. The van der Waals surface area contributed by atoms with Crippen molar-refractivity contribution < 1.29 is 33.4 Å². The summed E-state index contributed by atoms with van der Waals surface area (Å²) in [6, 6.07) is 5.47. The van der Waals surface area contributed by atoms with Gasteiger partial charge in [-0.3, -0.25) is 9.59 Å². The van der Waals surface area contributed by atoms with Gasteiger partial charge in [-0.2, -0.15) is 0 Å². The molecule has 0 aliphatic heterocycles. The Balaban J connectivity index is 2.23. The van der Waals surface area contributed by atoms with Crippen molar-refractivity contribution in [1.82, 2.24) is 5.32 Å². The lowest BCUT2D eigenvalue weighted by Crippen LogP contribution is -2.41. The maximum Gasteiger partial charge on any atom is 0.327 e. The molecule has 9 heteroatoms. The lowest BCUT2D eigenvalue weighted by molar-refractivity contribution is -0.140. The topological polar surface area (TPSA) is 104 Å². The van der Waals surface area contributed by atoms with Crippen LogP contribution in [0.15, 0.2) is 36.4 Å². The van der Waals surface area contributed by atoms with Gasteiger partial charge in [0.15, 0.2) is 0 Å². The average molecular weight is 395 g/mol. The van der Waals surface area contributed by atoms with E-state index in [1.165, 1.54) is 24.3 Å². The third-order valence-electron chi connectivity index (χ3n) is 3.52. The summed E-state index contributed by atoms with van der Waals surface area (Å²) in [6.07, 6.45) is 0. The fourth-order valence-electron chi connectivity index (χ4n) is 2.25. The fourth-order valence-corrected chi connectivity index (χ4v) is 3.11. The number of hydrogen-bond donors (Lipinski definition) is 3. The third-order valence-corrected chi connectivity index (χ3v) is 4.50. The van der Waals surface area contributed by atoms with Crippen LogP contribution in [0.25, 0.3) is 11.1 Å². The second kappa shape index (κ2) is 8.63. The molecule has 1 amide bonds. The molecule has 0 heterocycles. The molecule has 3 N–H and O–H groups in total. The number of carboxylic acid groups (broad SMARTS) is 1. The maximum atomic E-state index is 13.9. The Morgan fingerprint density at radius 2 is 1.85 bits per heavy atom. The molecule has 1 unspecified atom stereocenters. The summed E-state index contributed by atoms with van der Waals surface area (Å²) >= 11 is 0.584. The highest BCUT2D eigenvalue weighted by atomic mass is 32.2. The second-order valence-corrected chi connectivity index (χ2v) is 6.54. The number of hydrogen-bond acceptors (Lipinski definition) is 5. The van der Waals surface area contributed by atoms with Gasteiger partial charge in [-0.05, 0) is 29.8 Å². The van der Waals surface area contributed by atoms with Gasteiger partial charge in [0, 0.05) is 24.3 Å². The van der Waals surface area contributed by atoms with Crippen molar-refractivity contribution in [1.29, 1.82) is 0 Å². The number of nitrogens with one attached hydrogen (secondary N) is 1. The third kappa shape index (κ3) is 5.27. The van der Waals surface area contributed by atoms with Crippen molar-refractivity contribution in [3.63, 3.8) is 0 Å². The van der Waals surface area contributed by atoms with Gasteiger partial charge in [0.25, 0.3) is 0 Å². The predicted molar refractivity (Wildman–Crippen MR) is 95.5 cm³/mol. The van der Waals surface area contributed by atoms with Crippen LogP contribution < -0.4 is 5.32 Å². The van der Waals surface area contributed by atoms with Crippen LogP contribution in [-0.2, 0) is 9.59 Å². The summed E-state index contributed by atoms with van der Waals surface area (Å²) < 4.78 is 27.0. The number of aromatic hydroxyl groups is 1. The van der Waals surface area contributed by atoms with Gasteiger partial charge in [-0.15, -0.1) is 0 Å². The number of halogens is 2. The van der Waals surface area contributed by atoms with Gasteiger partial charge in [-0.1, -0.05) is 17.8 Å². The van der Waals surface area contributed by atoms with E-state index in [1.54, 1.807) is 0 Å². The Kier molecular flexibility index (Phi) is 6.51. The molecule has 6 nitrogen and oxygen atoms in total. The number of thioether (sulfide) groups is 1. The van der Waals surface area contributed by atoms with Crippen LogP contribution in [0.5, 0.6) is 5.75 Å². The van der Waals surface area contributed by atoms with Gasteiger partial charge in [0.2, 0.25) is 11.0 Å². The van der Waals surface area contributed by atoms with Gasteiger partial charge in [0.05, 0.1) is 5.56 Å². The molecule has 0 aliphatic rings. The van der Waals surface area contributed by atoms with Crippen LogP contribution in [0.4, 0.5) is 8.78 Å². The first-order chi connectivity index (χ1) is 12.7. The van der Waals surface area contributed by atoms with E-state index in [9.17, 15) is 28.3 Å². The van der Waals surface area contributed by atoms with E-state index in [0.29, 0.717) is 17.8 Å². The van der Waals surface area contributed by atoms with Crippen molar-refractivity contribution in [3.8, 4) is 16.9 Å². The molecule has 2 aromatic rings. The number of carboxylic acids is 1. The number of carbonyl (C=O) groups is 3. The molecule has 2 aromatic carbocycles. The van der Waals surface area contributed by atoms with E-state index in [2.05, 4.69) is 5.32 Å². The molecular formula is C18H15F2NO5S. The predicted octanol–water partition coefficient (Wildman–Crippen LogP) is 2.80. The summed E-state index contributed by atoms with van der Waals surface area (Å²) in [5, 5.41) is 20.5. The molecule has 0 bridgehead atoms. The van der Waals surface area contributed by atoms with Crippen LogP contribution in [0.3, 0.4) is 0 Å². The number of phenols is 1. The highest BCUT2D eigenvalue weighted by Gasteiger charge is 2.22. The van der Waals surface area contributed by atoms with E-state index in [-0.39, 0.29) is 28.2 Å². The highest BCUT2D eigenvalue weighted by molar-refractivity contribution is 8.14. The zero-order valence-corrected chi connectivity index (χ0v) is 14.8. The zero-order chi connectivity index (χ0) is 20.1.